The molecule has 2 rings (SSSR count). The van der Waals surface area contributed by atoms with Crippen molar-refractivity contribution in [1.29, 1.82) is 0 Å². The molecule has 0 saturated carbocycles. The van der Waals surface area contributed by atoms with E-state index in [1.807, 2.05) is 4.90 Å². The molecule has 1 N–H and O–H groups in total. The van der Waals surface area contributed by atoms with E-state index in [2.05, 4.69) is 34.2 Å². The average molecular weight is 253 g/mol. The SMILES string of the molecule is CCCNc1ncc(F)c(N2CCN(C)CC2)n1. The topological polar surface area (TPSA) is 44.3 Å². The molecule has 1 aromatic heterocycles. The van der Waals surface area contributed by atoms with Gasteiger partial charge < -0.3 is 15.1 Å². The van der Waals surface area contributed by atoms with Crippen LogP contribution in [0.25, 0.3) is 0 Å². The lowest BCUT2D eigenvalue weighted by atomic mass is 10.3. The van der Waals surface area contributed by atoms with E-state index >= 15 is 0 Å². The number of rotatable bonds is 4. The fourth-order valence-corrected chi connectivity index (χ4v) is 1.92. The molecule has 0 radical (unpaired) electrons. The molecule has 1 fully saturated rings. The van der Waals surface area contributed by atoms with Gasteiger partial charge in [0, 0.05) is 32.7 Å². The number of halogens is 1. The van der Waals surface area contributed by atoms with E-state index in [-0.39, 0.29) is 5.82 Å². The third-order valence-corrected chi connectivity index (χ3v) is 3.06. The first-order valence-electron chi connectivity index (χ1n) is 6.40. The summed E-state index contributed by atoms with van der Waals surface area (Å²) in [5.74, 6) is 0.575. The summed E-state index contributed by atoms with van der Waals surface area (Å²) in [6.45, 7) is 6.34. The van der Waals surface area contributed by atoms with Crippen molar-refractivity contribution in [3.05, 3.63) is 12.0 Å². The average Bonchev–Trinajstić information content (AvgIpc) is 2.39. The number of hydrogen-bond donors (Lipinski definition) is 1. The van der Waals surface area contributed by atoms with Crippen molar-refractivity contribution < 1.29 is 4.39 Å². The van der Waals surface area contributed by atoms with Gasteiger partial charge in [-0.2, -0.15) is 4.98 Å². The third kappa shape index (κ3) is 3.07. The summed E-state index contributed by atoms with van der Waals surface area (Å²) < 4.78 is 13.8. The molecule has 0 atom stereocenters. The van der Waals surface area contributed by atoms with E-state index in [1.54, 1.807) is 0 Å². The number of nitrogens with zero attached hydrogens (tertiary/aromatic N) is 4. The van der Waals surface area contributed by atoms with Gasteiger partial charge in [-0.15, -0.1) is 0 Å². The van der Waals surface area contributed by atoms with Crippen molar-refractivity contribution in [2.24, 2.45) is 0 Å². The van der Waals surface area contributed by atoms with Crippen molar-refractivity contribution >= 4 is 11.8 Å². The maximum atomic E-state index is 13.8. The van der Waals surface area contributed by atoms with Crippen molar-refractivity contribution in [2.75, 3.05) is 50.0 Å². The zero-order valence-electron chi connectivity index (χ0n) is 11.0. The summed E-state index contributed by atoms with van der Waals surface area (Å²) in [6, 6.07) is 0. The fourth-order valence-electron chi connectivity index (χ4n) is 1.92. The van der Waals surface area contributed by atoms with Crippen LogP contribution in [0.5, 0.6) is 0 Å². The van der Waals surface area contributed by atoms with Crippen LogP contribution in [0.1, 0.15) is 13.3 Å². The number of piperazine rings is 1. The first-order chi connectivity index (χ1) is 8.70. The first kappa shape index (κ1) is 13.0. The molecule has 0 aromatic carbocycles. The summed E-state index contributed by atoms with van der Waals surface area (Å²) in [6.07, 6.45) is 2.24. The van der Waals surface area contributed by atoms with Crippen molar-refractivity contribution in [1.82, 2.24) is 14.9 Å². The van der Waals surface area contributed by atoms with E-state index in [1.165, 1.54) is 6.20 Å². The van der Waals surface area contributed by atoms with Crippen LogP contribution in [0.3, 0.4) is 0 Å². The molecule has 1 aromatic rings. The predicted molar refractivity (Wildman–Crippen MR) is 70.5 cm³/mol. The molecule has 1 saturated heterocycles. The highest BCUT2D eigenvalue weighted by atomic mass is 19.1. The minimum atomic E-state index is -0.346. The fraction of sp³-hybridized carbons (Fsp3) is 0.667. The Hall–Kier alpha value is -1.43. The molecule has 6 heteroatoms. The normalized spacial score (nSPS) is 16.9. The molecule has 1 aliphatic rings. The van der Waals surface area contributed by atoms with Crippen LogP contribution < -0.4 is 10.2 Å². The number of aromatic nitrogens is 2. The molecule has 0 amide bonds. The Bertz CT molecular complexity index is 390. The van der Waals surface area contributed by atoms with Crippen molar-refractivity contribution in [2.45, 2.75) is 13.3 Å². The lowest BCUT2D eigenvalue weighted by Crippen LogP contribution is -2.45. The number of nitrogens with one attached hydrogen (secondary N) is 1. The van der Waals surface area contributed by atoms with Crippen LogP contribution in [0.4, 0.5) is 16.2 Å². The molecule has 5 nitrogen and oxygen atoms in total. The molecule has 1 aliphatic heterocycles. The van der Waals surface area contributed by atoms with Gasteiger partial charge in [-0.3, -0.25) is 0 Å². The second kappa shape index (κ2) is 5.95. The summed E-state index contributed by atoms with van der Waals surface area (Å²) in [4.78, 5) is 12.4. The number of hydrogen-bond acceptors (Lipinski definition) is 5. The third-order valence-electron chi connectivity index (χ3n) is 3.06. The van der Waals surface area contributed by atoms with Gasteiger partial charge in [-0.1, -0.05) is 6.92 Å². The van der Waals surface area contributed by atoms with E-state index in [0.29, 0.717) is 11.8 Å². The molecular formula is C12H20FN5. The lowest BCUT2D eigenvalue weighted by molar-refractivity contribution is 0.310. The summed E-state index contributed by atoms with van der Waals surface area (Å²) in [7, 11) is 2.07. The number of likely N-dealkylation sites (N-methyl/N-ethyl adjacent to an activating group) is 1. The summed E-state index contributed by atoms with van der Waals surface area (Å²) in [5, 5.41) is 3.08. The quantitative estimate of drug-likeness (QED) is 0.873. The zero-order valence-corrected chi connectivity index (χ0v) is 11.0. The van der Waals surface area contributed by atoms with Crippen LogP contribution in [0.2, 0.25) is 0 Å². The van der Waals surface area contributed by atoms with Gasteiger partial charge in [0.1, 0.15) is 0 Å². The molecule has 0 unspecified atom stereocenters. The molecule has 18 heavy (non-hydrogen) atoms. The molecule has 100 valence electrons. The van der Waals surface area contributed by atoms with Crippen LogP contribution in [-0.2, 0) is 0 Å². The lowest BCUT2D eigenvalue weighted by Gasteiger charge is -2.33. The largest absolute Gasteiger partial charge is 0.354 e. The van der Waals surface area contributed by atoms with E-state index < -0.39 is 0 Å². The Morgan fingerprint density at radius 3 is 2.72 bits per heavy atom. The zero-order chi connectivity index (χ0) is 13.0. The molecular weight excluding hydrogens is 233 g/mol. The van der Waals surface area contributed by atoms with Crippen LogP contribution >= 0.6 is 0 Å². The van der Waals surface area contributed by atoms with E-state index in [9.17, 15) is 4.39 Å². The Balaban J connectivity index is 2.10. The van der Waals surface area contributed by atoms with Gasteiger partial charge >= 0.3 is 0 Å². The standard InChI is InChI=1S/C12H20FN5/c1-3-4-14-12-15-9-10(13)11(16-12)18-7-5-17(2)6-8-18/h9H,3-8H2,1-2H3,(H,14,15,16). The van der Waals surface area contributed by atoms with Gasteiger partial charge in [0.05, 0.1) is 6.20 Å². The first-order valence-corrected chi connectivity index (χ1v) is 6.40. The highest BCUT2D eigenvalue weighted by Gasteiger charge is 2.19. The van der Waals surface area contributed by atoms with Crippen molar-refractivity contribution in [3.63, 3.8) is 0 Å². The van der Waals surface area contributed by atoms with Gasteiger partial charge in [-0.05, 0) is 13.5 Å². The molecule has 2 heterocycles. The summed E-state index contributed by atoms with van der Waals surface area (Å²) in [5.41, 5.74) is 0. The molecule has 0 bridgehead atoms. The predicted octanol–water partition coefficient (Wildman–Crippen LogP) is 1.19. The second-order valence-corrected chi connectivity index (χ2v) is 4.58. The van der Waals surface area contributed by atoms with Gasteiger partial charge in [0.25, 0.3) is 0 Å². The Morgan fingerprint density at radius 1 is 1.33 bits per heavy atom. The van der Waals surface area contributed by atoms with Gasteiger partial charge in [0.15, 0.2) is 11.6 Å². The van der Waals surface area contributed by atoms with Crippen molar-refractivity contribution in [3.8, 4) is 0 Å². The Morgan fingerprint density at radius 2 is 2.06 bits per heavy atom. The van der Waals surface area contributed by atoms with E-state index in [4.69, 9.17) is 0 Å². The maximum Gasteiger partial charge on any atom is 0.224 e. The molecule has 0 aliphatic carbocycles. The highest BCUT2D eigenvalue weighted by molar-refractivity contribution is 5.44. The maximum absolute atomic E-state index is 13.8. The Labute approximate surface area is 107 Å². The monoisotopic (exact) mass is 253 g/mol. The van der Waals surface area contributed by atoms with Gasteiger partial charge in [-0.25, -0.2) is 9.37 Å². The van der Waals surface area contributed by atoms with Gasteiger partial charge in [0.2, 0.25) is 5.95 Å². The van der Waals surface area contributed by atoms with E-state index in [0.717, 1.165) is 39.1 Å². The minimum Gasteiger partial charge on any atom is -0.354 e. The Kier molecular flexibility index (Phi) is 4.30. The second-order valence-electron chi connectivity index (χ2n) is 4.58. The van der Waals surface area contributed by atoms with Crippen LogP contribution in [0, 0.1) is 5.82 Å². The highest BCUT2D eigenvalue weighted by Crippen LogP contribution is 2.18. The number of anilines is 2. The minimum absolute atomic E-state index is 0.346. The van der Waals surface area contributed by atoms with Crippen LogP contribution in [-0.4, -0.2) is 54.6 Å². The van der Waals surface area contributed by atoms with Crippen LogP contribution in [0.15, 0.2) is 6.20 Å². The smallest absolute Gasteiger partial charge is 0.224 e. The molecule has 0 spiro atoms. The summed E-state index contributed by atoms with van der Waals surface area (Å²) >= 11 is 0.